The summed E-state index contributed by atoms with van der Waals surface area (Å²) in [7, 11) is 3.16. The van der Waals surface area contributed by atoms with Crippen molar-refractivity contribution in [3.05, 3.63) is 5.28 Å². The Morgan fingerprint density at radius 1 is 1.19 bits per heavy atom. The molecule has 0 saturated carbocycles. The third-order valence-corrected chi connectivity index (χ3v) is 2.00. The van der Waals surface area contributed by atoms with Crippen LogP contribution in [0.4, 0.5) is 5.95 Å². The van der Waals surface area contributed by atoms with Crippen LogP contribution in [0.15, 0.2) is 0 Å². The van der Waals surface area contributed by atoms with Gasteiger partial charge in [-0.2, -0.15) is 15.0 Å². The lowest BCUT2D eigenvalue weighted by Crippen LogP contribution is -2.08. The monoisotopic (exact) mass is 246 g/mol. The van der Waals surface area contributed by atoms with Gasteiger partial charge < -0.3 is 14.8 Å². The second kappa shape index (κ2) is 7.19. The molecule has 0 aliphatic carbocycles. The van der Waals surface area contributed by atoms with Crippen LogP contribution in [-0.4, -0.2) is 42.3 Å². The molecule has 16 heavy (non-hydrogen) atoms. The summed E-state index contributed by atoms with van der Waals surface area (Å²) >= 11 is 5.69. The van der Waals surface area contributed by atoms with Gasteiger partial charge in [0.1, 0.15) is 0 Å². The van der Waals surface area contributed by atoms with Crippen LogP contribution in [0.1, 0.15) is 12.8 Å². The van der Waals surface area contributed by atoms with Crippen LogP contribution >= 0.6 is 11.6 Å². The van der Waals surface area contributed by atoms with Crippen molar-refractivity contribution in [2.75, 3.05) is 32.7 Å². The van der Waals surface area contributed by atoms with Gasteiger partial charge in [-0.05, 0) is 24.4 Å². The van der Waals surface area contributed by atoms with Crippen molar-refractivity contribution in [3.63, 3.8) is 0 Å². The molecule has 0 aromatic carbocycles. The molecule has 0 atom stereocenters. The van der Waals surface area contributed by atoms with Crippen LogP contribution in [0.3, 0.4) is 0 Å². The molecule has 6 nitrogen and oxygen atoms in total. The normalized spacial score (nSPS) is 10.2. The minimum absolute atomic E-state index is 0.117. The Labute approximate surface area is 99.4 Å². The fourth-order valence-electron chi connectivity index (χ4n) is 1.07. The van der Waals surface area contributed by atoms with E-state index < -0.39 is 0 Å². The molecule has 7 heteroatoms. The maximum absolute atomic E-state index is 5.69. The van der Waals surface area contributed by atoms with E-state index in [4.69, 9.17) is 21.1 Å². The molecule has 90 valence electrons. The lowest BCUT2D eigenvalue weighted by molar-refractivity contribution is 0.193. The van der Waals surface area contributed by atoms with Gasteiger partial charge in [0.15, 0.2) is 0 Å². The van der Waals surface area contributed by atoms with Crippen molar-refractivity contribution in [2.24, 2.45) is 0 Å². The van der Waals surface area contributed by atoms with Crippen molar-refractivity contribution >= 4 is 17.5 Å². The van der Waals surface area contributed by atoms with Crippen molar-refractivity contribution in [3.8, 4) is 6.01 Å². The average Bonchev–Trinajstić information content (AvgIpc) is 2.28. The van der Waals surface area contributed by atoms with E-state index in [0.717, 1.165) is 26.0 Å². The van der Waals surface area contributed by atoms with Crippen molar-refractivity contribution in [1.29, 1.82) is 0 Å². The number of rotatable bonds is 7. The second-order valence-electron chi connectivity index (χ2n) is 3.04. The van der Waals surface area contributed by atoms with E-state index in [-0.39, 0.29) is 11.3 Å². The molecule has 0 spiro atoms. The Hall–Kier alpha value is -1.14. The highest BCUT2D eigenvalue weighted by Crippen LogP contribution is 2.10. The topological polar surface area (TPSA) is 69.2 Å². The molecule has 1 rings (SSSR count). The van der Waals surface area contributed by atoms with Crippen molar-refractivity contribution < 1.29 is 9.47 Å². The Balaban J connectivity index is 2.38. The van der Waals surface area contributed by atoms with E-state index in [0.29, 0.717) is 5.95 Å². The molecule has 1 aromatic rings. The summed E-state index contributed by atoms with van der Waals surface area (Å²) in [4.78, 5) is 11.7. The largest absolute Gasteiger partial charge is 0.467 e. The van der Waals surface area contributed by atoms with E-state index >= 15 is 0 Å². The standard InChI is InChI=1S/C9H15ClN4O2/c1-15-6-4-3-5-11-8-12-7(10)13-9(14-8)16-2/h3-6H2,1-2H3,(H,11,12,13,14). The van der Waals surface area contributed by atoms with Crippen LogP contribution in [0.25, 0.3) is 0 Å². The van der Waals surface area contributed by atoms with Gasteiger partial charge in [-0.15, -0.1) is 0 Å². The molecule has 0 aliphatic heterocycles. The zero-order valence-electron chi connectivity index (χ0n) is 9.36. The quantitative estimate of drug-likeness (QED) is 0.733. The SMILES string of the molecule is COCCCCNc1nc(Cl)nc(OC)n1. The molecular weight excluding hydrogens is 232 g/mol. The molecule has 1 heterocycles. The Morgan fingerprint density at radius 3 is 2.69 bits per heavy atom. The van der Waals surface area contributed by atoms with Gasteiger partial charge in [0.05, 0.1) is 7.11 Å². The molecule has 0 aliphatic rings. The fraction of sp³-hybridized carbons (Fsp3) is 0.667. The number of aromatic nitrogens is 3. The molecule has 0 bridgehead atoms. The molecule has 0 saturated heterocycles. The zero-order chi connectivity index (χ0) is 11.8. The molecule has 0 radical (unpaired) electrons. The molecule has 0 amide bonds. The van der Waals surface area contributed by atoms with Gasteiger partial charge in [-0.1, -0.05) is 0 Å². The second-order valence-corrected chi connectivity index (χ2v) is 3.38. The van der Waals surface area contributed by atoms with Gasteiger partial charge in [-0.3, -0.25) is 0 Å². The van der Waals surface area contributed by atoms with Crippen LogP contribution in [-0.2, 0) is 4.74 Å². The predicted molar refractivity (Wildman–Crippen MR) is 61.0 cm³/mol. The number of nitrogens with one attached hydrogen (secondary N) is 1. The van der Waals surface area contributed by atoms with E-state index in [1.165, 1.54) is 7.11 Å². The van der Waals surface area contributed by atoms with Gasteiger partial charge >= 0.3 is 6.01 Å². The van der Waals surface area contributed by atoms with Crippen molar-refractivity contribution in [2.45, 2.75) is 12.8 Å². The average molecular weight is 247 g/mol. The van der Waals surface area contributed by atoms with Crippen LogP contribution in [0.5, 0.6) is 6.01 Å². The third-order valence-electron chi connectivity index (χ3n) is 1.83. The number of halogens is 1. The number of hydrogen-bond acceptors (Lipinski definition) is 6. The first kappa shape index (κ1) is 12.9. The molecule has 0 unspecified atom stereocenters. The third kappa shape index (κ3) is 4.59. The Morgan fingerprint density at radius 2 is 2.00 bits per heavy atom. The first-order valence-corrected chi connectivity index (χ1v) is 5.32. The summed E-state index contributed by atoms with van der Waals surface area (Å²) in [6, 6.07) is 0.208. The molecule has 1 N–H and O–H groups in total. The fourth-order valence-corrected chi connectivity index (χ4v) is 1.23. The number of hydrogen-bond donors (Lipinski definition) is 1. The van der Waals surface area contributed by atoms with E-state index in [1.54, 1.807) is 7.11 Å². The lowest BCUT2D eigenvalue weighted by atomic mass is 10.3. The Bertz CT molecular complexity index is 324. The van der Waals surface area contributed by atoms with Gasteiger partial charge in [0, 0.05) is 20.3 Å². The zero-order valence-corrected chi connectivity index (χ0v) is 10.1. The van der Waals surface area contributed by atoms with Crippen molar-refractivity contribution in [1.82, 2.24) is 15.0 Å². The van der Waals surface area contributed by atoms with E-state index in [2.05, 4.69) is 20.3 Å². The van der Waals surface area contributed by atoms with Gasteiger partial charge in [0.2, 0.25) is 11.2 Å². The predicted octanol–water partition coefficient (Wildman–Crippen LogP) is 1.37. The number of methoxy groups -OCH3 is 2. The number of unbranched alkanes of at least 4 members (excludes halogenated alkanes) is 1. The van der Waals surface area contributed by atoms with Crippen LogP contribution in [0, 0.1) is 0 Å². The minimum atomic E-state index is 0.117. The van der Waals surface area contributed by atoms with E-state index in [9.17, 15) is 0 Å². The maximum atomic E-state index is 5.69. The summed E-state index contributed by atoms with van der Waals surface area (Å²) in [6.45, 7) is 1.51. The lowest BCUT2D eigenvalue weighted by Gasteiger charge is -2.05. The summed E-state index contributed by atoms with van der Waals surface area (Å²) < 4.78 is 9.81. The first-order valence-electron chi connectivity index (χ1n) is 4.94. The summed E-state index contributed by atoms with van der Waals surface area (Å²) in [5.41, 5.74) is 0. The smallest absolute Gasteiger partial charge is 0.322 e. The highest BCUT2D eigenvalue weighted by molar-refractivity contribution is 6.28. The number of anilines is 1. The highest BCUT2D eigenvalue weighted by atomic mass is 35.5. The van der Waals surface area contributed by atoms with E-state index in [1.807, 2.05) is 0 Å². The number of nitrogens with zero attached hydrogens (tertiary/aromatic N) is 3. The molecular formula is C9H15ClN4O2. The first-order chi connectivity index (χ1) is 7.76. The molecule has 1 aromatic heterocycles. The van der Waals surface area contributed by atoms with Gasteiger partial charge in [0.25, 0.3) is 0 Å². The summed E-state index contributed by atoms with van der Waals surface area (Å²) in [5.74, 6) is 0.425. The number of ether oxygens (including phenoxy) is 2. The maximum Gasteiger partial charge on any atom is 0.322 e. The summed E-state index contributed by atoms with van der Waals surface area (Å²) in [5, 5.41) is 3.15. The van der Waals surface area contributed by atoms with Crippen LogP contribution < -0.4 is 10.1 Å². The minimum Gasteiger partial charge on any atom is -0.467 e. The summed E-state index contributed by atoms with van der Waals surface area (Å²) in [6.07, 6.45) is 1.96. The van der Waals surface area contributed by atoms with Crippen LogP contribution in [0.2, 0.25) is 5.28 Å². The molecule has 0 fully saturated rings. The van der Waals surface area contributed by atoms with Gasteiger partial charge in [-0.25, -0.2) is 0 Å². The highest BCUT2D eigenvalue weighted by Gasteiger charge is 2.03. The Kier molecular flexibility index (Phi) is 5.81.